The van der Waals surface area contributed by atoms with Crippen LogP contribution in [0.25, 0.3) is 0 Å². The van der Waals surface area contributed by atoms with Crippen molar-refractivity contribution in [1.29, 1.82) is 0 Å². The van der Waals surface area contributed by atoms with Crippen molar-refractivity contribution in [3.63, 3.8) is 0 Å². The van der Waals surface area contributed by atoms with Gasteiger partial charge in [0.2, 0.25) is 0 Å². The zero-order valence-corrected chi connectivity index (χ0v) is 13.9. The van der Waals surface area contributed by atoms with Crippen LogP contribution in [0.5, 0.6) is 0 Å². The Balaban J connectivity index is 1.76. The molecule has 1 aliphatic heterocycles. The Kier molecular flexibility index (Phi) is 4.68. The molecule has 1 amide bonds. The molecule has 0 saturated carbocycles. The first-order chi connectivity index (χ1) is 11.1. The van der Waals surface area contributed by atoms with Gasteiger partial charge in [0.25, 0.3) is 5.91 Å². The third-order valence-corrected chi connectivity index (χ3v) is 5.51. The van der Waals surface area contributed by atoms with E-state index in [0.717, 1.165) is 41.2 Å². The van der Waals surface area contributed by atoms with Gasteiger partial charge >= 0.3 is 5.97 Å². The molecule has 0 radical (unpaired) electrons. The topological polar surface area (TPSA) is 57.6 Å². The second kappa shape index (κ2) is 6.72. The van der Waals surface area contributed by atoms with Gasteiger partial charge in [-0.05, 0) is 43.0 Å². The monoisotopic (exact) mass is 349 g/mol. The van der Waals surface area contributed by atoms with Crippen molar-refractivity contribution in [3.8, 4) is 0 Å². The lowest BCUT2D eigenvalue weighted by Gasteiger charge is -2.24. The molecule has 0 aliphatic carbocycles. The number of carbonyl (C=O) groups excluding carboxylic acids is 1. The summed E-state index contributed by atoms with van der Waals surface area (Å²) in [6, 6.07) is 10.9. The van der Waals surface area contributed by atoms with Gasteiger partial charge in [-0.15, -0.1) is 11.3 Å². The van der Waals surface area contributed by atoms with Crippen LogP contribution in [0, 0.1) is 0 Å². The van der Waals surface area contributed by atoms with E-state index in [0.29, 0.717) is 11.4 Å². The summed E-state index contributed by atoms with van der Waals surface area (Å²) in [5.74, 6) is -1.08. The van der Waals surface area contributed by atoms with Crippen LogP contribution in [0.3, 0.4) is 0 Å². The van der Waals surface area contributed by atoms with Gasteiger partial charge in [0.15, 0.2) is 0 Å². The van der Waals surface area contributed by atoms with Gasteiger partial charge < -0.3 is 10.0 Å². The van der Waals surface area contributed by atoms with E-state index in [-0.39, 0.29) is 16.8 Å². The fourth-order valence-corrected chi connectivity index (χ4v) is 3.96. The predicted octanol–water partition coefficient (Wildman–Crippen LogP) is 3.95. The van der Waals surface area contributed by atoms with Crippen LogP contribution in [-0.2, 0) is 6.42 Å². The molecular weight excluding hydrogens is 334 g/mol. The van der Waals surface area contributed by atoms with E-state index in [2.05, 4.69) is 0 Å². The number of rotatable bonds is 4. The lowest BCUT2D eigenvalue weighted by atomic mass is 10.0. The second-order valence-electron chi connectivity index (χ2n) is 5.56. The zero-order valence-electron chi connectivity index (χ0n) is 12.4. The normalized spacial score (nSPS) is 17.4. The van der Waals surface area contributed by atoms with E-state index in [9.17, 15) is 9.59 Å². The second-order valence-corrected chi connectivity index (χ2v) is 7.05. The number of halogens is 1. The first-order valence-electron chi connectivity index (χ1n) is 7.44. The third kappa shape index (κ3) is 3.41. The molecule has 1 saturated heterocycles. The van der Waals surface area contributed by atoms with Crippen LogP contribution in [0.4, 0.5) is 0 Å². The van der Waals surface area contributed by atoms with E-state index in [1.165, 1.54) is 6.07 Å². The van der Waals surface area contributed by atoms with Crippen molar-refractivity contribution in [2.24, 2.45) is 0 Å². The summed E-state index contributed by atoms with van der Waals surface area (Å²) in [6.07, 6.45) is 2.62. The SMILES string of the molecule is O=C(O)c1ccc(C(=O)N2CCCC2Cc2ccccc2Cl)s1. The number of hydrogen-bond donors (Lipinski definition) is 1. The summed E-state index contributed by atoms with van der Waals surface area (Å²) < 4.78 is 0. The molecular formula is C17H16ClNO3S. The van der Waals surface area contributed by atoms with Gasteiger partial charge in [-0.2, -0.15) is 0 Å². The number of aromatic carboxylic acids is 1. The fourth-order valence-electron chi connectivity index (χ4n) is 2.94. The fraction of sp³-hybridized carbons (Fsp3) is 0.294. The van der Waals surface area contributed by atoms with Crippen LogP contribution in [0.2, 0.25) is 5.02 Å². The summed E-state index contributed by atoms with van der Waals surface area (Å²) in [7, 11) is 0. The molecule has 120 valence electrons. The Morgan fingerprint density at radius 1 is 1.22 bits per heavy atom. The molecule has 0 bridgehead atoms. The van der Waals surface area contributed by atoms with Gasteiger partial charge in [-0.25, -0.2) is 4.79 Å². The average Bonchev–Trinajstić information content (AvgIpc) is 3.18. The molecule has 1 unspecified atom stereocenters. The average molecular weight is 350 g/mol. The molecule has 0 spiro atoms. The molecule has 6 heteroatoms. The van der Waals surface area contributed by atoms with Crippen molar-refractivity contribution >= 4 is 34.8 Å². The summed E-state index contributed by atoms with van der Waals surface area (Å²) >= 11 is 7.25. The number of carboxylic acids is 1. The van der Waals surface area contributed by atoms with Gasteiger partial charge in [-0.1, -0.05) is 29.8 Å². The minimum Gasteiger partial charge on any atom is -0.477 e. The Morgan fingerprint density at radius 3 is 2.65 bits per heavy atom. The number of amides is 1. The molecule has 23 heavy (non-hydrogen) atoms. The smallest absolute Gasteiger partial charge is 0.345 e. The van der Waals surface area contributed by atoms with Crippen LogP contribution in [0.1, 0.15) is 37.7 Å². The molecule has 1 aromatic heterocycles. The van der Waals surface area contributed by atoms with Gasteiger partial charge in [0.1, 0.15) is 4.88 Å². The molecule has 1 aliphatic rings. The Bertz CT molecular complexity index is 743. The van der Waals surface area contributed by atoms with Gasteiger partial charge in [0.05, 0.1) is 4.88 Å². The number of carbonyl (C=O) groups is 2. The van der Waals surface area contributed by atoms with Crippen LogP contribution >= 0.6 is 22.9 Å². The molecule has 1 atom stereocenters. The van der Waals surface area contributed by atoms with Crippen molar-refractivity contribution in [1.82, 2.24) is 4.90 Å². The number of likely N-dealkylation sites (tertiary alicyclic amines) is 1. The number of benzene rings is 1. The Hall–Kier alpha value is -1.85. The number of carboxylic acid groups (broad SMARTS) is 1. The summed E-state index contributed by atoms with van der Waals surface area (Å²) in [5.41, 5.74) is 1.04. The molecule has 2 heterocycles. The molecule has 1 N–H and O–H groups in total. The first-order valence-corrected chi connectivity index (χ1v) is 8.63. The summed E-state index contributed by atoms with van der Waals surface area (Å²) in [4.78, 5) is 26.2. The Morgan fingerprint density at radius 2 is 1.96 bits per heavy atom. The van der Waals surface area contributed by atoms with Crippen molar-refractivity contribution in [2.75, 3.05) is 6.54 Å². The summed E-state index contributed by atoms with van der Waals surface area (Å²) in [6.45, 7) is 0.703. The quantitative estimate of drug-likeness (QED) is 0.909. The maximum Gasteiger partial charge on any atom is 0.345 e. The Labute approximate surface area is 143 Å². The largest absolute Gasteiger partial charge is 0.477 e. The summed E-state index contributed by atoms with van der Waals surface area (Å²) in [5, 5.41) is 9.71. The molecule has 1 aromatic carbocycles. The lowest BCUT2D eigenvalue weighted by Crippen LogP contribution is -2.36. The van der Waals surface area contributed by atoms with Crippen LogP contribution < -0.4 is 0 Å². The van der Waals surface area contributed by atoms with Crippen LogP contribution in [0.15, 0.2) is 36.4 Å². The number of hydrogen-bond acceptors (Lipinski definition) is 3. The highest BCUT2D eigenvalue weighted by Gasteiger charge is 2.30. The highest BCUT2D eigenvalue weighted by Crippen LogP contribution is 2.28. The molecule has 3 rings (SSSR count). The van der Waals surface area contributed by atoms with Crippen molar-refractivity contribution in [2.45, 2.75) is 25.3 Å². The zero-order chi connectivity index (χ0) is 16.4. The standard InChI is InChI=1S/C17H16ClNO3S/c18-13-6-2-1-4-11(13)10-12-5-3-9-19(12)16(20)14-7-8-15(23-14)17(21)22/h1-2,4,6-8,12H,3,5,9-10H2,(H,21,22). The molecule has 2 aromatic rings. The van der Waals surface area contributed by atoms with E-state index in [1.807, 2.05) is 29.2 Å². The van der Waals surface area contributed by atoms with E-state index in [1.54, 1.807) is 6.07 Å². The van der Waals surface area contributed by atoms with Crippen molar-refractivity contribution in [3.05, 3.63) is 56.7 Å². The highest BCUT2D eigenvalue weighted by atomic mass is 35.5. The minimum atomic E-state index is -0.997. The van der Waals surface area contributed by atoms with Crippen LogP contribution in [-0.4, -0.2) is 34.5 Å². The van der Waals surface area contributed by atoms with Crippen molar-refractivity contribution < 1.29 is 14.7 Å². The minimum absolute atomic E-state index is 0.0861. The molecule has 1 fully saturated rings. The maximum absolute atomic E-state index is 12.7. The highest BCUT2D eigenvalue weighted by molar-refractivity contribution is 7.15. The predicted molar refractivity (Wildman–Crippen MR) is 90.5 cm³/mol. The third-order valence-electron chi connectivity index (χ3n) is 4.08. The van der Waals surface area contributed by atoms with Gasteiger partial charge in [-0.3, -0.25) is 4.79 Å². The maximum atomic E-state index is 12.7. The van der Waals surface area contributed by atoms with E-state index >= 15 is 0 Å². The number of thiophene rings is 1. The number of nitrogens with zero attached hydrogens (tertiary/aromatic N) is 1. The first kappa shape index (κ1) is 16.0. The lowest BCUT2D eigenvalue weighted by molar-refractivity contribution is 0.0700. The van der Waals surface area contributed by atoms with E-state index < -0.39 is 5.97 Å². The molecule has 4 nitrogen and oxygen atoms in total. The van der Waals surface area contributed by atoms with Gasteiger partial charge in [0, 0.05) is 17.6 Å². The van der Waals surface area contributed by atoms with E-state index in [4.69, 9.17) is 16.7 Å².